The highest BCUT2D eigenvalue weighted by atomic mass is 16.5. The maximum absolute atomic E-state index is 6.15. The Morgan fingerprint density at radius 3 is 2.64 bits per heavy atom. The molecule has 1 atom stereocenters. The van der Waals surface area contributed by atoms with Gasteiger partial charge in [-0.25, -0.2) is 9.97 Å². The summed E-state index contributed by atoms with van der Waals surface area (Å²) in [6.45, 7) is 7.84. The molecule has 4 N–H and O–H groups in total. The number of rotatable bonds is 6. The molecule has 0 spiro atoms. The van der Waals surface area contributed by atoms with Crippen LogP contribution in [0.5, 0.6) is 0 Å². The van der Waals surface area contributed by atoms with Gasteiger partial charge in [0, 0.05) is 51.1 Å². The van der Waals surface area contributed by atoms with Crippen molar-refractivity contribution in [2.24, 2.45) is 0 Å². The second-order valence-corrected chi connectivity index (χ2v) is 8.30. The molecule has 2 aliphatic rings. The van der Waals surface area contributed by atoms with Gasteiger partial charge in [-0.2, -0.15) is 5.10 Å². The number of aromatic amines is 1. The Bertz CT molecular complexity index is 1070. The fourth-order valence-corrected chi connectivity index (χ4v) is 4.43. The van der Waals surface area contributed by atoms with Crippen LogP contribution in [-0.2, 0) is 4.74 Å². The molecule has 0 amide bonds. The number of morpholine rings is 1. The van der Waals surface area contributed by atoms with Gasteiger partial charge in [0.1, 0.15) is 28.8 Å². The number of hydrogen-bond acceptors (Lipinski definition) is 8. The Hall–Kier alpha value is -3.66. The number of H-pyrrole nitrogens is 1. The zero-order valence-electron chi connectivity index (χ0n) is 18.8. The van der Waals surface area contributed by atoms with Gasteiger partial charge in [0.15, 0.2) is 6.21 Å². The summed E-state index contributed by atoms with van der Waals surface area (Å²) >= 11 is 0. The smallest absolute Gasteiger partial charge is 0.173 e. The standard InChI is InChI=1S/C23H29N9O/c1-17-16-33-13-12-32(17)22-14-19(18(15-24)23(28-22)27-20-5-7-26-29-20)30-8-10-31(11-9-30)21-4-2-3-6-25-21/h2-7,14-15,17,24H,8-13,16H2,1H3,(H2,26,27,28,29)/p+1/t17-/m1/s1. The minimum absolute atomic E-state index is 0.243. The van der Waals surface area contributed by atoms with Crippen LogP contribution in [0, 0.1) is 0 Å². The first-order chi connectivity index (χ1) is 16.2. The number of piperazine rings is 1. The van der Waals surface area contributed by atoms with E-state index < -0.39 is 0 Å². The van der Waals surface area contributed by atoms with E-state index in [0.29, 0.717) is 19.0 Å². The van der Waals surface area contributed by atoms with Crippen molar-refractivity contribution in [3.63, 3.8) is 0 Å². The van der Waals surface area contributed by atoms with Gasteiger partial charge in [0.2, 0.25) is 0 Å². The van der Waals surface area contributed by atoms with E-state index in [2.05, 4.69) is 54.3 Å². The number of ether oxygens (including phenoxy) is 1. The van der Waals surface area contributed by atoms with Crippen molar-refractivity contribution < 1.29 is 10.1 Å². The predicted molar refractivity (Wildman–Crippen MR) is 129 cm³/mol. The molecule has 2 fully saturated rings. The molecule has 10 nitrogen and oxygen atoms in total. The SMILES string of the molecule is C[C@@H]1COCCN1c1cc(N2CCN(c3ccccn3)CC2)c(C=[NH2+])c(Nc2ccn[nH]2)n1. The monoisotopic (exact) mass is 448 g/mol. The van der Waals surface area contributed by atoms with Crippen molar-refractivity contribution in [1.29, 1.82) is 0 Å². The second kappa shape index (κ2) is 9.45. The minimum Gasteiger partial charge on any atom is -0.377 e. The average molecular weight is 449 g/mol. The summed E-state index contributed by atoms with van der Waals surface area (Å²) < 4.78 is 5.65. The molecule has 3 aromatic heterocycles. The number of hydrogen-bond donors (Lipinski definition) is 3. The Morgan fingerprint density at radius 1 is 1.09 bits per heavy atom. The lowest BCUT2D eigenvalue weighted by Gasteiger charge is -2.39. The summed E-state index contributed by atoms with van der Waals surface area (Å²) in [6.07, 6.45) is 5.19. The predicted octanol–water partition coefficient (Wildman–Crippen LogP) is 0.673. The Morgan fingerprint density at radius 2 is 1.94 bits per heavy atom. The fraction of sp³-hybridized carbons (Fsp3) is 0.391. The summed E-state index contributed by atoms with van der Waals surface area (Å²) in [6, 6.07) is 10.3. The highest BCUT2D eigenvalue weighted by Crippen LogP contribution is 2.33. The lowest BCUT2D eigenvalue weighted by atomic mass is 10.1. The molecule has 5 heterocycles. The van der Waals surface area contributed by atoms with Gasteiger partial charge in [-0.1, -0.05) is 6.07 Å². The quantitative estimate of drug-likeness (QED) is 0.472. The summed E-state index contributed by atoms with van der Waals surface area (Å²) in [4.78, 5) is 16.5. The Balaban J connectivity index is 1.47. The third-order valence-electron chi connectivity index (χ3n) is 6.20. The molecule has 5 rings (SSSR count). The van der Waals surface area contributed by atoms with Gasteiger partial charge in [0.25, 0.3) is 0 Å². The van der Waals surface area contributed by atoms with E-state index in [0.717, 1.165) is 61.4 Å². The highest BCUT2D eigenvalue weighted by molar-refractivity contribution is 5.93. The van der Waals surface area contributed by atoms with Crippen molar-refractivity contribution in [3.05, 3.63) is 48.3 Å². The lowest BCUT2D eigenvalue weighted by molar-refractivity contribution is -0.104. The van der Waals surface area contributed by atoms with Gasteiger partial charge in [0.05, 0.1) is 31.1 Å². The molecule has 3 aromatic rings. The summed E-state index contributed by atoms with van der Waals surface area (Å²) in [5, 5.41) is 16.5. The molecule has 2 saturated heterocycles. The number of aromatic nitrogens is 4. The van der Waals surface area contributed by atoms with E-state index in [9.17, 15) is 0 Å². The lowest BCUT2D eigenvalue weighted by Crippen LogP contribution is -2.48. The van der Waals surface area contributed by atoms with Gasteiger partial charge in [-0.3, -0.25) is 10.5 Å². The Labute approximate surface area is 193 Å². The molecule has 0 aliphatic carbocycles. The van der Waals surface area contributed by atoms with Gasteiger partial charge in [-0.15, -0.1) is 0 Å². The molecule has 0 bridgehead atoms. The first kappa shape index (κ1) is 21.2. The van der Waals surface area contributed by atoms with E-state index in [1.54, 1.807) is 12.4 Å². The van der Waals surface area contributed by atoms with E-state index in [-0.39, 0.29) is 6.04 Å². The van der Waals surface area contributed by atoms with Crippen LogP contribution >= 0.6 is 0 Å². The number of nitrogens with one attached hydrogen (secondary N) is 2. The number of nitrogens with two attached hydrogens (primary N) is 1. The molecule has 33 heavy (non-hydrogen) atoms. The van der Waals surface area contributed by atoms with E-state index >= 15 is 0 Å². The molecule has 172 valence electrons. The molecule has 0 saturated carbocycles. The number of pyridine rings is 2. The molecule has 0 aromatic carbocycles. The van der Waals surface area contributed by atoms with Crippen molar-refractivity contribution in [2.75, 3.05) is 66.0 Å². The first-order valence-electron chi connectivity index (χ1n) is 11.3. The van der Waals surface area contributed by atoms with Gasteiger partial charge >= 0.3 is 0 Å². The second-order valence-electron chi connectivity index (χ2n) is 8.30. The van der Waals surface area contributed by atoms with Gasteiger partial charge in [-0.05, 0) is 19.1 Å². The fourth-order valence-electron chi connectivity index (χ4n) is 4.43. The van der Waals surface area contributed by atoms with Crippen molar-refractivity contribution in [2.45, 2.75) is 13.0 Å². The third kappa shape index (κ3) is 4.47. The van der Waals surface area contributed by atoms with Crippen LogP contribution in [0.1, 0.15) is 12.5 Å². The summed E-state index contributed by atoms with van der Waals surface area (Å²) in [7, 11) is 0. The zero-order valence-corrected chi connectivity index (χ0v) is 18.8. The van der Waals surface area contributed by atoms with Crippen LogP contribution < -0.4 is 25.4 Å². The maximum atomic E-state index is 6.15. The van der Waals surface area contributed by atoms with E-state index in [4.69, 9.17) is 15.1 Å². The van der Waals surface area contributed by atoms with E-state index in [1.807, 2.05) is 24.4 Å². The molecular formula is C23H30N9O+. The van der Waals surface area contributed by atoms with Crippen molar-refractivity contribution >= 4 is 35.2 Å². The number of anilines is 5. The molecule has 10 heteroatoms. The van der Waals surface area contributed by atoms with Crippen molar-refractivity contribution in [3.8, 4) is 0 Å². The minimum atomic E-state index is 0.243. The van der Waals surface area contributed by atoms with Crippen LogP contribution in [-0.4, -0.2) is 78.4 Å². The van der Waals surface area contributed by atoms with Gasteiger partial charge < -0.3 is 24.8 Å². The van der Waals surface area contributed by atoms with Crippen LogP contribution in [0.25, 0.3) is 0 Å². The van der Waals surface area contributed by atoms with Crippen LogP contribution in [0.2, 0.25) is 0 Å². The summed E-state index contributed by atoms with van der Waals surface area (Å²) in [5.41, 5.74) is 1.95. The normalized spacial score (nSPS) is 18.9. The molecule has 0 unspecified atom stereocenters. The van der Waals surface area contributed by atoms with Crippen molar-refractivity contribution in [1.82, 2.24) is 20.2 Å². The molecular weight excluding hydrogens is 418 g/mol. The van der Waals surface area contributed by atoms with Crippen LogP contribution in [0.3, 0.4) is 0 Å². The number of nitrogens with zero attached hydrogens (tertiary/aromatic N) is 6. The Kier molecular flexibility index (Phi) is 6.07. The van der Waals surface area contributed by atoms with Crippen LogP contribution in [0.4, 0.5) is 29.0 Å². The first-order valence-corrected chi connectivity index (χ1v) is 11.3. The third-order valence-corrected chi connectivity index (χ3v) is 6.20. The zero-order chi connectivity index (χ0) is 22.6. The van der Waals surface area contributed by atoms with E-state index in [1.165, 1.54) is 0 Å². The molecule has 0 radical (unpaired) electrons. The maximum Gasteiger partial charge on any atom is 0.173 e. The largest absolute Gasteiger partial charge is 0.377 e. The topological polar surface area (TPSA) is 111 Å². The van der Waals surface area contributed by atoms with Crippen LogP contribution in [0.15, 0.2) is 42.7 Å². The molecule has 2 aliphatic heterocycles. The average Bonchev–Trinajstić information content (AvgIpc) is 3.38. The summed E-state index contributed by atoms with van der Waals surface area (Å²) in [5.74, 6) is 3.41. The highest BCUT2D eigenvalue weighted by Gasteiger charge is 2.27.